The summed E-state index contributed by atoms with van der Waals surface area (Å²) in [5, 5.41) is 15.5. The van der Waals surface area contributed by atoms with Gasteiger partial charge in [0.25, 0.3) is 15.9 Å². The molecule has 0 fully saturated rings. The van der Waals surface area contributed by atoms with E-state index in [1.54, 1.807) is 5.38 Å². The number of aromatic nitrogens is 1. The number of anilines is 2. The Balaban J connectivity index is 1.76. The van der Waals surface area contributed by atoms with E-state index in [4.69, 9.17) is 0 Å². The smallest absolute Gasteiger partial charge is 0.263 e. The largest absolute Gasteiger partial charge is 0.545 e. The van der Waals surface area contributed by atoms with Crippen LogP contribution in [0.25, 0.3) is 0 Å². The SMILES string of the molecule is O=C([O-])c1ccccc1C(=O)Nc1ccc(S(=O)(=O)Nc2nccs2)cc1. The van der Waals surface area contributed by atoms with E-state index in [2.05, 4.69) is 15.0 Å². The molecule has 10 heteroatoms. The number of hydrogen-bond donors (Lipinski definition) is 2. The van der Waals surface area contributed by atoms with Crippen LogP contribution < -0.4 is 15.1 Å². The summed E-state index contributed by atoms with van der Waals surface area (Å²) >= 11 is 1.15. The van der Waals surface area contributed by atoms with Gasteiger partial charge in [-0.15, -0.1) is 11.3 Å². The van der Waals surface area contributed by atoms with Crippen LogP contribution in [0.2, 0.25) is 0 Å². The fraction of sp³-hybridized carbons (Fsp3) is 0. The number of carboxylic acid groups (broad SMARTS) is 1. The third-order valence-electron chi connectivity index (χ3n) is 3.47. The molecule has 0 saturated carbocycles. The van der Waals surface area contributed by atoms with Gasteiger partial charge in [-0.1, -0.05) is 18.2 Å². The van der Waals surface area contributed by atoms with Crippen molar-refractivity contribution in [2.24, 2.45) is 0 Å². The lowest BCUT2D eigenvalue weighted by atomic mass is 10.1. The van der Waals surface area contributed by atoms with Crippen molar-refractivity contribution in [3.8, 4) is 0 Å². The average molecular weight is 402 g/mol. The van der Waals surface area contributed by atoms with Crippen LogP contribution >= 0.6 is 11.3 Å². The van der Waals surface area contributed by atoms with Crippen molar-refractivity contribution >= 4 is 44.1 Å². The van der Waals surface area contributed by atoms with Crippen molar-refractivity contribution in [3.05, 3.63) is 71.2 Å². The van der Waals surface area contributed by atoms with Crippen molar-refractivity contribution < 1.29 is 23.1 Å². The number of aromatic carboxylic acids is 1. The molecule has 0 unspecified atom stereocenters. The number of nitrogens with zero attached hydrogens (tertiary/aromatic N) is 1. The summed E-state index contributed by atoms with van der Waals surface area (Å²) in [6.07, 6.45) is 1.48. The van der Waals surface area contributed by atoms with Gasteiger partial charge in [-0.05, 0) is 30.3 Å². The van der Waals surface area contributed by atoms with Crippen LogP contribution in [0.15, 0.2) is 65.0 Å². The summed E-state index contributed by atoms with van der Waals surface area (Å²) in [5.41, 5.74) is 0.0165. The highest BCUT2D eigenvalue weighted by Crippen LogP contribution is 2.20. The molecule has 0 aliphatic rings. The molecule has 2 N–H and O–H groups in total. The highest BCUT2D eigenvalue weighted by molar-refractivity contribution is 7.93. The van der Waals surface area contributed by atoms with E-state index in [1.807, 2.05) is 0 Å². The first-order valence-electron chi connectivity index (χ1n) is 7.51. The van der Waals surface area contributed by atoms with Crippen LogP contribution in [0.3, 0.4) is 0 Å². The number of hydrogen-bond acceptors (Lipinski definition) is 7. The molecule has 0 aliphatic carbocycles. The van der Waals surface area contributed by atoms with E-state index in [0.717, 1.165) is 11.3 Å². The zero-order chi connectivity index (χ0) is 19.4. The third-order valence-corrected chi connectivity index (χ3v) is 5.64. The van der Waals surface area contributed by atoms with Gasteiger partial charge in [-0.25, -0.2) is 13.4 Å². The molecule has 0 bridgehead atoms. The minimum absolute atomic E-state index is 0.00849. The summed E-state index contributed by atoms with van der Waals surface area (Å²) in [4.78, 5) is 27.2. The van der Waals surface area contributed by atoms with Crippen molar-refractivity contribution in [2.75, 3.05) is 10.0 Å². The Morgan fingerprint density at radius 3 is 2.26 bits per heavy atom. The highest BCUT2D eigenvalue weighted by atomic mass is 32.2. The molecule has 2 aromatic carbocycles. The molecule has 138 valence electrons. The van der Waals surface area contributed by atoms with Gasteiger partial charge in [0.2, 0.25) is 0 Å². The van der Waals surface area contributed by atoms with E-state index in [-0.39, 0.29) is 21.2 Å². The summed E-state index contributed by atoms with van der Waals surface area (Å²) < 4.78 is 26.9. The molecular weight excluding hydrogens is 390 g/mol. The topological polar surface area (TPSA) is 128 Å². The van der Waals surface area contributed by atoms with Gasteiger partial charge in [0, 0.05) is 28.4 Å². The van der Waals surface area contributed by atoms with Crippen molar-refractivity contribution in [2.45, 2.75) is 4.90 Å². The Labute approximate surface area is 158 Å². The quantitative estimate of drug-likeness (QED) is 0.644. The van der Waals surface area contributed by atoms with Gasteiger partial charge >= 0.3 is 0 Å². The molecule has 3 rings (SSSR count). The van der Waals surface area contributed by atoms with Gasteiger partial charge in [0.1, 0.15) is 0 Å². The van der Waals surface area contributed by atoms with Gasteiger partial charge < -0.3 is 15.2 Å². The first-order valence-corrected chi connectivity index (χ1v) is 9.87. The van der Waals surface area contributed by atoms with Gasteiger partial charge in [0.15, 0.2) is 5.13 Å². The molecule has 0 radical (unpaired) electrons. The second kappa shape index (κ2) is 7.56. The van der Waals surface area contributed by atoms with E-state index >= 15 is 0 Å². The molecule has 0 saturated heterocycles. The Kier molecular flexibility index (Phi) is 5.19. The number of amides is 1. The number of rotatable bonds is 6. The maximum Gasteiger partial charge on any atom is 0.263 e. The molecule has 3 aromatic rings. The molecule has 1 aromatic heterocycles. The molecule has 27 heavy (non-hydrogen) atoms. The monoisotopic (exact) mass is 402 g/mol. The van der Waals surface area contributed by atoms with Crippen LogP contribution in [0.4, 0.5) is 10.8 Å². The molecule has 0 spiro atoms. The van der Waals surface area contributed by atoms with Crippen LogP contribution in [-0.2, 0) is 10.0 Å². The lowest BCUT2D eigenvalue weighted by Gasteiger charge is -2.11. The summed E-state index contributed by atoms with van der Waals surface area (Å²) in [7, 11) is -3.80. The van der Waals surface area contributed by atoms with Crippen LogP contribution in [0.1, 0.15) is 20.7 Å². The van der Waals surface area contributed by atoms with Crippen molar-refractivity contribution in [1.82, 2.24) is 4.98 Å². The van der Waals surface area contributed by atoms with E-state index in [9.17, 15) is 23.1 Å². The molecule has 0 aliphatic heterocycles. The van der Waals surface area contributed by atoms with Crippen LogP contribution in [-0.4, -0.2) is 25.3 Å². The fourth-order valence-corrected chi connectivity index (χ4v) is 4.01. The summed E-state index contributed by atoms with van der Waals surface area (Å²) in [6.45, 7) is 0. The molecule has 0 atom stereocenters. The van der Waals surface area contributed by atoms with E-state index in [0.29, 0.717) is 5.69 Å². The first-order chi connectivity index (χ1) is 12.9. The average Bonchev–Trinajstić information content (AvgIpc) is 3.14. The summed E-state index contributed by atoms with van der Waals surface area (Å²) in [5.74, 6) is -2.11. The Hall–Kier alpha value is -3.24. The zero-order valence-corrected chi connectivity index (χ0v) is 15.2. The van der Waals surface area contributed by atoms with Gasteiger partial charge in [0.05, 0.1) is 10.9 Å². The Morgan fingerprint density at radius 2 is 1.67 bits per heavy atom. The fourth-order valence-electron chi connectivity index (χ4n) is 2.22. The van der Waals surface area contributed by atoms with Crippen LogP contribution in [0.5, 0.6) is 0 Å². The number of carbonyl (C=O) groups excluding carboxylic acids is 2. The van der Waals surface area contributed by atoms with Crippen LogP contribution in [0, 0.1) is 0 Å². The van der Waals surface area contributed by atoms with Crippen molar-refractivity contribution in [3.63, 3.8) is 0 Å². The first kappa shape index (κ1) is 18.5. The second-order valence-corrected chi connectivity index (χ2v) is 7.83. The predicted molar refractivity (Wildman–Crippen MR) is 98.1 cm³/mol. The lowest BCUT2D eigenvalue weighted by molar-refractivity contribution is -0.255. The van der Waals surface area contributed by atoms with E-state index < -0.39 is 21.9 Å². The minimum atomic E-state index is -3.80. The maximum absolute atomic E-state index is 12.3. The molecular formula is C17H12N3O5S2-. The second-order valence-electron chi connectivity index (χ2n) is 5.25. The number of sulfonamides is 1. The van der Waals surface area contributed by atoms with Crippen molar-refractivity contribution in [1.29, 1.82) is 0 Å². The zero-order valence-electron chi connectivity index (χ0n) is 13.6. The Bertz CT molecular complexity index is 1080. The summed E-state index contributed by atoms with van der Waals surface area (Å²) in [6, 6.07) is 11.1. The van der Waals surface area contributed by atoms with Gasteiger partial charge in [-0.3, -0.25) is 9.52 Å². The van der Waals surface area contributed by atoms with Gasteiger partial charge in [-0.2, -0.15) is 0 Å². The number of nitrogens with one attached hydrogen (secondary N) is 2. The minimum Gasteiger partial charge on any atom is -0.545 e. The predicted octanol–water partition coefficient (Wildman–Crippen LogP) is 1.56. The maximum atomic E-state index is 12.3. The normalized spacial score (nSPS) is 11.0. The number of carboxylic acids is 1. The number of thiazole rings is 1. The number of carbonyl (C=O) groups is 2. The number of benzene rings is 2. The lowest BCUT2D eigenvalue weighted by Crippen LogP contribution is -2.26. The highest BCUT2D eigenvalue weighted by Gasteiger charge is 2.16. The standard InChI is InChI=1S/C17H13N3O5S2/c21-15(13-3-1-2-4-14(13)16(22)23)19-11-5-7-12(8-6-11)27(24,25)20-17-18-9-10-26-17/h1-10H,(H,18,20)(H,19,21)(H,22,23)/p-1. The molecule has 8 nitrogen and oxygen atoms in total. The molecule has 1 heterocycles. The Morgan fingerprint density at radius 1 is 1.00 bits per heavy atom. The van der Waals surface area contributed by atoms with E-state index in [1.165, 1.54) is 54.7 Å². The molecule has 1 amide bonds. The third kappa shape index (κ3) is 4.30.